The summed E-state index contributed by atoms with van der Waals surface area (Å²) in [5.74, 6) is 0. The summed E-state index contributed by atoms with van der Waals surface area (Å²) in [7, 11) is 4.05. The first-order valence-corrected chi connectivity index (χ1v) is 7.19. The molecule has 0 bridgehead atoms. The Morgan fingerprint density at radius 3 is 1.56 bits per heavy atom. The zero-order chi connectivity index (χ0) is 12.1. The van der Waals surface area contributed by atoms with Crippen molar-refractivity contribution in [3.8, 4) is 0 Å². The van der Waals surface area contributed by atoms with E-state index in [1.807, 2.05) is 14.1 Å². The standard InChI is InChI=1S/C14H32N2/c1-4-5-6-7-8-9-10-11-12-13-14(15-2)16-3/h14-16H,4-13H2,1-3H3. The normalized spacial score (nSPS) is 11.2. The average molecular weight is 228 g/mol. The topological polar surface area (TPSA) is 24.1 Å². The summed E-state index contributed by atoms with van der Waals surface area (Å²) in [5.41, 5.74) is 0. The lowest BCUT2D eigenvalue weighted by Crippen LogP contribution is -2.37. The van der Waals surface area contributed by atoms with E-state index < -0.39 is 0 Å². The van der Waals surface area contributed by atoms with Crippen molar-refractivity contribution in [1.29, 1.82) is 0 Å². The first-order valence-electron chi connectivity index (χ1n) is 7.19. The van der Waals surface area contributed by atoms with E-state index in [1.165, 1.54) is 64.2 Å². The van der Waals surface area contributed by atoms with E-state index in [1.54, 1.807) is 0 Å². The van der Waals surface area contributed by atoms with Crippen molar-refractivity contribution in [1.82, 2.24) is 10.6 Å². The second kappa shape index (κ2) is 13.0. The quantitative estimate of drug-likeness (QED) is 0.393. The highest BCUT2D eigenvalue weighted by Crippen LogP contribution is 2.10. The van der Waals surface area contributed by atoms with Gasteiger partial charge in [0.05, 0.1) is 6.17 Å². The predicted molar refractivity (Wildman–Crippen MR) is 73.8 cm³/mol. The third kappa shape index (κ3) is 10.4. The van der Waals surface area contributed by atoms with Crippen LogP contribution in [0.3, 0.4) is 0 Å². The number of unbranched alkanes of at least 4 members (excludes halogenated alkanes) is 8. The van der Waals surface area contributed by atoms with E-state index in [9.17, 15) is 0 Å². The van der Waals surface area contributed by atoms with Gasteiger partial charge in [0.25, 0.3) is 0 Å². The number of nitrogens with one attached hydrogen (secondary N) is 2. The Kier molecular flexibility index (Phi) is 12.9. The van der Waals surface area contributed by atoms with Crippen LogP contribution in [0, 0.1) is 0 Å². The first-order chi connectivity index (χ1) is 7.85. The van der Waals surface area contributed by atoms with Crippen LogP contribution in [0.4, 0.5) is 0 Å². The minimum Gasteiger partial charge on any atom is -0.305 e. The van der Waals surface area contributed by atoms with Gasteiger partial charge in [-0.15, -0.1) is 0 Å². The molecule has 0 aliphatic rings. The van der Waals surface area contributed by atoms with E-state index >= 15 is 0 Å². The summed E-state index contributed by atoms with van der Waals surface area (Å²) in [6.07, 6.45) is 14.5. The Hall–Kier alpha value is -0.0800. The second-order valence-corrected chi connectivity index (χ2v) is 4.75. The fourth-order valence-electron chi connectivity index (χ4n) is 2.09. The van der Waals surface area contributed by atoms with Crippen molar-refractivity contribution >= 4 is 0 Å². The van der Waals surface area contributed by atoms with E-state index in [-0.39, 0.29) is 0 Å². The molecule has 98 valence electrons. The van der Waals surface area contributed by atoms with E-state index in [2.05, 4.69) is 17.6 Å². The first kappa shape index (κ1) is 15.9. The maximum Gasteiger partial charge on any atom is 0.0566 e. The minimum absolute atomic E-state index is 0.504. The third-order valence-corrected chi connectivity index (χ3v) is 3.29. The molecule has 0 saturated carbocycles. The van der Waals surface area contributed by atoms with Crippen molar-refractivity contribution in [3.05, 3.63) is 0 Å². The van der Waals surface area contributed by atoms with Crippen LogP contribution in [-0.2, 0) is 0 Å². The van der Waals surface area contributed by atoms with Crippen LogP contribution in [0.25, 0.3) is 0 Å². The van der Waals surface area contributed by atoms with Crippen LogP contribution >= 0.6 is 0 Å². The van der Waals surface area contributed by atoms with Crippen molar-refractivity contribution in [2.75, 3.05) is 14.1 Å². The van der Waals surface area contributed by atoms with E-state index in [4.69, 9.17) is 0 Å². The molecule has 0 spiro atoms. The molecule has 0 atom stereocenters. The van der Waals surface area contributed by atoms with Crippen molar-refractivity contribution in [2.24, 2.45) is 0 Å². The molecule has 2 N–H and O–H groups in total. The second-order valence-electron chi connectivity index (χ2n) is 4.75. The van der Waals surface area contributed by atoms with Crippen LogP contribution in [0.5, 0.6) is 0 Å². The van der Waals surface area contributed by atoms with Crippen LogP contribution < -0.4 is 10.6 Å². The molecular formula is C14H32N2. The maximum absolute atomic E-state index is 3.27. The summed E-state index contributed by atoms with van der Waals surface area (Å²) >= 11 is 0. The molecule has 0 saturated heterocycles. The summed E-state index contributed by atoms with van der Waals surface area (Å²) in [5, 5.41) is 6.53. The van der Waals surface area contributed by atoms with Gasteiger partial charge in [0, 0.05) is 0 Å². The fourth-order valence-corrected chi connectivity index (χ4v) is 2.09. The molecule has 0 aromatic carbocycles. The van der Waals surface area contributed by atoms with Gasteiger partial charge >= 0.3 is 0 Å². The van der Waals surface area contributed by atoms with Crippen molar-refractivity contribution in [3.63, 3.8) is 0 Å². The Bertz CT molecular complexity index is 122. The third-order valence-electron chi connectivity index (χ3n) is 3.29. The zero-order valence-electron chi connectivity index (χ0n) is 11.6. The largest absolute Gasteiger partial charge is 0.305 e. The minimum atomic E-state index is 0.504. The lowest BCUT2D eigenvalue weighted by Gasteiger charge is -2.14. The zero-order valence-corrected chi connectivity index (χ0v) is 11.6. The Morgan fingerprint density at radius 2 is 1.12 bits per heavy atom. The molecule has 0 radical (unpaired) electrons. The molecule has 0 rings (SSSR count). The molecule has 0 aromatic rings. The van der Waals surface area contributed by atoms with Gasteiger partial charge in [-0.2, -0.15) is 0 Å². The SMILES string of the molecule is CCCCCCCCCCCC(NC)NC. The van der Waals surface area contributed by atoms with Crippen molar-refractivity contribution < 1.29 is 0 Å². The van der Waals surface area contributed by atoms with Gasteiger partial charge in [0.15, 0.2) is 0 Å². The van der Waals surface area contributed by atoms with Crippen LogP contribution in [0.15, 0.2) is 0 Å². The van der Waals surface area contributed by atoms with Crippen molar-refractivity contribution in [2.45, 2.75) is 77.3 Å². The fraction of sp³-hybridized carbons (Fsp3) is 1.00. The van der Waals surface area contributed by atoms with Crippen LogP contribution in [0.2, 0.25) is 0 Å². The summed E-state index contributed by atoms with van der Waals surface area (Å²) in [6.45, 7) is 2.28. The van der Waals surface area contributed by atoms with Gasteiger partial charge in [-0.05, 0) is 20.5 Å². The van der Waals surface area contributed by atoms with Gasteiger partial charge in [-0.3, -0.25) is 0 Å². The number of rotatable bonds is 12. The molecule has 0 aliphatic heterocycles. The lowest BCUT2D eigenvalue weighted by atomic mass is 10.1. The molecule has 0 aromatic heterocycles. The van der Waals surface area contributed by atoms with Gasteiger partial charge in [0.2, 0.25) is 0 Å². The smallest absolute Gasteiger partial charge is 0.0566 e. The summed E-state index contributed by atoms with van der Waals surface area (Å²) in [4.78, 5) is 0. The van der Waals surface area contributed by atoms with E-state index in [0.717, 1.165) is 0 Å². The van der Waals surface area contributed by atoms with Gasteiger partial charge in [-0.25, -0.2) is 0 Å². The number of hydrogen-bond donors (Lipinski definition) is 2. The number of hydrogen-bond acceptors (Lipinski definition) is 2. The highest BCUT2D eigenvalue weighted by Gasteiger charge is 2.00. The lowest BCUT2D eigenvalue weighted by molar-refractivity contribution is 0.435. The molecule has 16 heavy (non-hydrogen) atoms. The Balaban J connectivity index is 3.03. The van der Waals surface area contributed by atoms with Crippen LogP contribution in [-0.4, -0.2) is 20.3 Å². The molecular weight excluding hydrogens is 196 g/mol. The molecule has 0 amide bonds. The predicted octanol–water partition coefficient (Wildman–Crippen LogP) is 3.67. The summed E-state index contributed by atoms with van der Waals surface area (Å²) < 4.78 is 0. The molecule has 0 fully saturated rings. The molecule has 2 nitrogen and oxygen atoms in total. The highest BCUT2D eigenvalue weighted by molar-refractivity contribution is 4.58. The molecule has 0 aliphatic carbocycles. The van der Waals surface area contributed by atoms with E-state index in [0.29, 0.717) is 6.17 Å². The average Bonchev–Trinajstić information content (AvgIpc) is 2.32. The van der Waals surface area contributed by atoms with Gasteiger partial charge < -0.3 is 10.6 Å². The monoisotopic (exact) mass is 228 g/mol. The van der Waals surface area contributed by atoms with Crippen LogP contribution in [0.1, 0.15) is 71.1 Å². The maximum atomic E-state index is 3.27. The Morgan fingerprint density at radius 1 is 0.688 bits per heavy atom. The summed E-state index contributed by atoms with van der Waals surface area (Å²) in [6, 6.07) is 0. The highest BCUT2D eigenvalue weighted by atomic mass is 15.1. The molecule has 2 heteroatoms. The van der Waals surface area contributed by atoms with Gasteiger partial charge in [-0.1, -0.05) is 64.7 Å². The molecule has 0 heterocycles. The molecule has 0 unspecified atom stereocenters. The van der Waals surface area contributed by atoms with Gasteiger partial charge in [0.1, 0.15) is 0 Å². The Labute approximate surface area is 103 Å².